The number of rotatable bonds is 1. The SMILES string of the molecule is O=[N+]([O-])c1c[nH]c(=S)[nH]1. The summed E-state index contributed by atoms with van der Waals surface area (Å²) in [6, 6.07) is 0. The van der Waals surface area contributed by atoms with Crippen LogP contribution in [0.15, 0.2) is 6.20 Å². The van der Waals surface area contributed by atoms with E-state index in [9.17, 15) is 10.1 Å². The molecule has 2 N–H and O–H groups in total. The Morgan fingerprint density at radius 1 is 1.78 bits per heavy atom. The van der Waals surface area contributed by atoms with Gasteiger partial charge in [-0.25, -0.2) is 4.98 Å². The Kier molecular flexibility index (Phi) is 1.31. The minimum absolute atomic E-state index is 0.111. The molecule has 1 heterocycles. The van der Waals surface area contributed by atoms with Crippen molar-refractivity contribution in [3.8, 4) is 0 Å². The highest BCUT2D eigenvalue weighted by Crippen LogP contribution is 2.01. The molecule has 0 saturated carbocycles. The highest BCUT2D eigenvalue weighted by molar-refractivity contribution is 7.71. The first-order valence-electron chi connectivity index (χ1n) is 2.12. The molecule has 0 amide bonds. The van der Waals surface area contributed by atoms with Gasteiger partial charge in [0, 0.05) is 0 Å². The second kappa shape index (κ2) is 1.98. The zero-order valence-corrected chi connectivity index (χ0v) is 5.07. The van der Waals surface area contributed by atoms with Crippen molar-refractivity contribution in [3.63, 3.8) is 0 Å². The molecule has 0 fully saturated rings. The fourth-order valence-electron chi connectivity index (χ4n) is 0.421. The summed E-state index contributed by atoms with van der Waals surface area (Å²) in [4.78, 5) is 14.2. The summed E-state index contributed by atoms with van der Waals surface area (Å²) < 4.78 is 0.265. The molecule has 0 spiro atoms. The number of hydrogen-bond acceptors (Lipinski definition) is 3. The van der Waals surface area contributed by atoms with E-state index in [1.807, 2.05) is 0 Å². The van der Waals surface area contributed by atoms with Gasteiger partial charge in [0.25, 0.3) is 4.77 Å². The Morgan fingerprint density at radius 3 is 2.67 bits per heavy atom. The topological polar surface area (TPSA) is 74.7 Å². The van der Waals surface area contributed by atoms with Crippen LogP contribution in [0, 0.1) is 14.9 Å². The maximum atomic E-state index is 9.92. The van der Waals surface area contributed by atoms with Crippen LogP contribution in [0.3, 0.4) is 0 Å². The van der Waals surface area contributed by atoms with Gasteiger partial charge in [-0.3, -0.25) is 0 Å². The fourth-order valence-corrected chi connectivity index (χ4v) is 0.584. The van der Waals surface area contributed by atoms with Crippen molar-refractivity contribution in [1.29, 1.82) is 0 Å². The number of aromatic amines is 2. The molecule has 1 aromatic heterocycles. The average molecular weight is 145 g/mol. The molecule has 0 atom stereocenters. The summed E-state index contributed by atoms with van der Waals surface area (Å²) in [5.41, 5.74) is 0. The highest BCUT2D eigenvalue weighted by Gasteiger charge is 2.01. The summed E-state index contributed by atoms with van der Waals surface area (Å²) in [5, 5.41) is 9.92. The predicted molar refractivity (Wildman–Crippen MR) is 32.6 cm³/mol. The van der Waals surface area contributed by atoms with Crippen molar-refractivity contribution in [1.82, 2.24) is 9.97 Å². The third-order valence-corrected chi connectivity index (χ3v) is 0.998. The Balaban J connectivity index is 3.12. The molecule has 1 aromatic rings. The van der Waals surface area contributed by atoms with Gasteiger partial charge in [-0.05, 0) is 17.1 Å². The van der Waals surface area contributed by atoms with Crippen LogP contribution in [0.2, 0.25) is 0 Å². The Hall–Kier alpha value is -1.17. The van der Waals surface area contributed by atoms with Crippen molar-refractivity contribution in [3.05, 3.63) is 21.1 Å². The number of H-pyrrole nitrogens is 2. The monoisotopic (exact) mass is 145 g/mol. The summed E-state index contributed by atoms with van der Waals surface area (Å²) in [7, 11) is 0. The maximum Gasteiger partial charge on any atom is 0.339 e. The molecule has 6 heteroatoms. The summed E-state index contributed by atoms with van der Waals surface area (Å²) in [5.74, 6) is -0.111. The molecule has 0 aliphatic heterocycles. The molecule has 0 aliphatic carbocycles. The van der Waals surface area contributed by atoms with E-state index in [-0.39, 0.29) is 10.6 Å². The largest absolute Gasteiger partial charge is 0.358 e. The van der Waals surface area contributed by atoms with Gasteiger partial charge in [-0.2, -0.15) is 0 Å². The molecule has 0 radical (unpaired) electrons. The Bertz CT molecular complexity index is 275. The van der Waals surface area contributed by atoms with Gasteiger partial charge in [0.1, 0.15) is 0 Å². The molecular weight excluding hydrogens is 142 g/mol. The van der Waals surface area contributed by atoms with E-state index in [1.54, 1.807) is 0 Å². The normalized spacial score (nSPS) is 9.33. The number of hydrogen-bond donors (Lipinski definition) is 2. The van der Waals surface area contributed by atoms with Gasteiger partial charge in [-0.15, -0.1) is 0 Å². The lowest BCUT2D eigenvalue weighted by Gasteiger charge is -1.83. The molecular formula is C3H3N3O2S. The highest BCUT2D eigenvalue weighted by atomic mass is 32.1. The summed E-state index contributed by atoms with van der Waals surface area (Å²) in [6.45, 7) is 0. The Morgan fingerprint density at radius 2 is 2.44 bits per heavy atom. The molecule has 5 nitrogen and oxygen atoms in total. The number of imidazole rings is 1. The van der Waals surface area contributed by atoms with Gasteiger partial charge in [-0.1, -0.05) is 0 Å². The maximum absolute atomic E-state index is 9.92. The van der Waals surface area contributed by atoms with E-state index in [4.69, 9.17) is 0 Å². The Labute approximate surface area is 54.9 Å². The minimum Gasteiger partial charge on any atom is -0.358 e. The van der Waals surface area contributed by atoms with E-state index >= 15 is 0 Å². The molecule has 48 valence electrons. The van der Waals surface area contributed by atoms with Gasteiger partial charge >= 0.3 is 5.82 Å². The van der Waals surface area contributed by atoms with E-state index in [0.29, 0.717) is 0 Å². The van der Waals surface area contributed by atoms with Gasteiger partial charge in [0.05, 0.1) is 6.20 Å². The predicted octanol–water partition coefficient (Wildman–Crippen LogP) is 0.980. The van der Waals surface area contributed by atoms with Crippen LogP contribution in [-0.4, -0.2) is 14.9 Å². The van der Waals surface area contributed by atoms with Gasteiger partial charge < -0.3 is 15.1 Å². The van der Waals surface area contributed by atoms with Crippen molar-refractivity contribution < 1.29 is 4.92 Å². The number of nitro groups is 1. The zero-order chi connectivity index (χ0) is 6.85. The summed E-state index contributed by atoms with van der Waals surface area (Å²) >= 11 is 4.54. The first kappa shape index (κ1) is 5.96. The first-order valence-corrected chi connectivity index (χ1v) is 2.53. The van der Waals surface area contributed by atoms with Crippen LogP contribution < -0.4 is 0 Å². The van der Waals surface area contributed by atoms with Crippen LogP contribution in [0.1, 0.15) is 0 Å². The lowest BCUT2D eigenvalue weighted by molar-refractivity contribution is -0.389. The molecule has 0 aromatic carbocycles. The lowest BCUT2D eigenvalue weighted by Crippen LogP contribution is -1.85. The van der Waals surface area contributed by atoms with E-state index in [0.717, 1.165) is 0 Å². The third kappa shape index (κ3) is 1.14. The molecule has 0 aliphatic rings. The first-order chi connectivity index (χ1) is 4.20. The minimum atomic E-state index is -0.549. The standard InChI is InChI=1S/C3H3N3O2S/c7-6(8)2-1-4-3(9)5-2/h1H,(H2,4,5,9). The summed E-state index contributed by atoms with van der Waals surface area (Å²) in [6.07, 6.45) is 1.21. The number of nitrogens with one attached hydrogen (secondary N) is 2. The van der Waals surface area contributed by atoms with Gasteiger partial charge in [0.2, 0.25) is 0 Å². The van der Waals surface area contributed by atoms with Crippen LogP contribution in [0.5, 0.6) is 0 Å². The quantitative estimate of drug-likeness (QED) is 0.351. The van der Waals surface area contributed by atoms with E-state index in [1.165, 1.54) is 6.20 Å². The van der Waals surface area contributed by atoms with Crippen molar-refractivity contribution in [2.24, 2.45) is 0 Å². The molecule has 1 rings (SSSR count). The lowest BCUT2D eigenvalue weighted by atomic mass is 10.8. The fraction of sp³-hybridized carbons (Fsp3) is 0. The molecule has 0 saturated heterocycles. The zero-order valence-electron chi connectivity index (χ0n) is 4.25. The second-order valence-electron chi connectivity index (χ2n) is 1.39. The van der Waals surface area contributed by atoms with E-state index < -0.39 is 4.92 Å². The molecule has 0 bridgehead atoms. The molecule has 9 heavy (non-hydrogen) atoms. The van der Waals surface area contributed by atoms with Crippen LogP contribution in [0.25, 0.3) is 0 Å². The third-order valence-electron chi connectivity index (χ3n) is 0.778. The second-order valence-corrected chi connectivity index (χ2v) is 1.79. The average Bonchev–Trinajstić information content (AvgIpc) is 2.14. The van der Waals surface area contributed by atoms with Crippen LogP contribution in [-0.2, 0) is 0 Å². The smallest absolute Gasteiger partial charge is 0.339 e. The van der Waals surface area contributed by atoms with Crippen LogP contribution >= 0.6 is 12.2 Å². The molecule has 0 unspecified atom stereocenters. The van der Waals surface area contributed by atoms with Crippen molar-refractivity contribution in [2.45, 2.75) is 0 Å². The number of nitrogens with zero attached hydrogens (tertiary/aromatic N) is 1. The van der Waals surface area contributed by atoms with Crippen LogP contribution in [0.4, 0.5) is 5.82 Å². The number of aromatic nitrogens is 2. The van der Waals surface area contributed by atoms with Crippen molar-refractivity contribution in [2.75, 3.05) is 0 Å². The van der Waals surface area contributed by atoms with E-state index in [2.05, 4.69) is 22.2 Å². The van der Waals surface area contributed by atoms with Crippen molar-refractivity contribution >= 4 is 18.0 Å². The van der Waals surface area contributed by atoms with Gasteiger partial charge in [0.15, 0.2) is 0 Å².